The van der Waals surface area contributed by atoms with Crippen LogP contribution in [0.4, 0.5) is 5.69 Å². The standard InChI is InChI=1S/C9H11NO2/c11-7-9(12)6-10-8-4-2-1-3-5-8/h1-5,10-11H,6-7H2. The summed E-state index contributed by atoms with van der Waals surface area (Å²) in [7, 11) is 0. The van der Waals surface area contributed by atoms with Gasteiger partial charge in [-0.05, 0) is 12.1 Å². The lowest BCUT2D eigenvalue weighted by molar-refractivity contribution is -0.120. The van der Waals surface area contributed by atoms with Gasteiger partial charge in [-0.15, -0.1) is 0 Å². The van der Waals surface area contributed by atoms with E-state index in [-0.39, 0.29) is 12.3 Å². The van der Waals surface area contributed by atoms with E-state index in [9.17, 15) is 4.79 Å². The molecule has 1 rings (SSSR count). The molecule has 1 aromatic rings. The van der Waals surface area contributed by atoms with E-state index < -0.39 is 6.61 Å². The van der Waals surface area contributed by atoms with Crippen molar-refractivity contribution in [2.24, 2.45) is 0 Å². The van der Waals surface area contributed by atoms with E-state index in [0.29, 0.717) is 0 Å². The Morgan fingerprint density at radius 2 is 2.00 bits per heavy atom. The van der Waals surface area contributed by atoms with E-state index >= 15 is 0 Å². The van der Waals surface area contributed by atoms with Crippen LogP contribution in [-0.4, -0.2) is 24.0 Å². The fourth-order valence-electron chi connectivity index (χ4n) is 0.813. The number of aliphatic hydroxyl groups excluding tert-OH is 1. The minimum atomic E-state index is -0.403. The summed E-state index contributed by atoms with van der Waals surface area (Å²) in [5, 5.41) is 11.3. The third-order valence-corrected chi connectivity index (χ3v) is 1.44. The van der Waals surface area contributed by atoms with Gasteiger partial charge in [-0.25, -0.2) is 0 Å². The number of rotatable bonds is 4. The molecular formula is C9H11NO2. The number of Topliss-reactive ketones (excluding diaryl/α,β-unsaturated/α-hetero) is 1. The lowest BCUT2D eigenvalue weighted by Crippen LogP contribution is -2.16. The molecule has 0 aliphatic rings. The van der Waals surface area contributed by atoms with Gasteiger partial charge in [0.15, 0.2) is 5.78 Å². The molecule has 0 aliphatic carbocycles. The molecule has 0 unspecified atom stereocenters. The van der Waals surface area contributed by atoms with Gasteiger partial charge >= 0.3 is 0 Å². The largest absolute Gasteiger partial charge is 0.389 e. The maximum atomic E-state index is 10.7. The zero-order valence-corrected chi connectivity index (χ0v) is 6.66. The Morgan fingerprint density at radius 3 is 2.58 bits per heavy atom. The highest BCUT2D eigenvalue weighted by atomic mass is 16.3. The molecule has 0 bridgehead atoms. The number of anilines is 1. The van der Waals surface area contributed by atoms with Crippen LogP contribution < -0.4 is 5.32 Å². The molecule has 0 spiro atoms. The smallest absolute Gasteiger partial charge is 0.177 e. The number of hydrogen-bond acceptors (Lipinski definition) is 3. The first-order valence-corrected chi connectivity index (χ1v) is 3.74. The molecule has 3 heteroatoms. The normalized spacial score (nSPS) is 9.42. The van der Waals surface area contributed by atoms with E-state index in [4.69, 9.17) is 5.11 Å². The Bertz CT molecular complexity index is 246. The molecule has 0 radical (unpaired) electrons. The van der Waals surface area contributed by atoms with E-state index in [2.05, 4.69) is 5.32 Å². The Balaban J connectivity index is 2.38. The summed E-state index contributed by atoms with van der Waals surface area (Å²) in [5.41, 5.74) is 0.888. The molecule has 3 nitrogen and oxygen atoms in total. The maximum absolute atomic E-state index is 10.7. The van der Waals surface area contributed by atoms with Gasteiger partial charge in [0.2, 0.25) is 0 Å². The van der Waals surface area contributed by atoms with Crippen LogP contribution in [-0.2, 0) is 4.79 Å². The van der Waals surface area contributed by atoms with Crippen LogP contribution in [0.15, 0.2) is 30.3 Å². The molecule has 0 aromatic heterocycles. The van der Waals surface area contributed by atoms with E-state index in [1.54, 1.807) is 0 Å². The molecule has 0 saturated carbocycles. The lowest BCUT2D eigenvalue weighted by atomic mass is 10.3. The summed E-state index contributed by atoms with van der Waals surface area (Å²) < 4.78 is 0. The van der Waals surface area contributed by atoms with E-state index in [1.165, 1.54) is 0 Å². The van der Waals surface area contributed by atoms with E-state index in [1.807, 2.05) is 30.3 Å². The van der Waals surface area contributed by atoms with Gasteiger partial charge < -0.3 is 10.4 Å². The zero-order valence-electron chi connectivity index (χ0n) is 6.66. The van der Waals surface area contributed by atoms with Gasteiger partial charge in [-0.3, -0.25) is 4.79 Å². The highest BCUT2D eigenvalue weighted by Gasteiger charge is 1.97. The van der Waals surface area contributed by atoms with Gasteiger partial charge in [0.25, 0.3) is 0 Å². The van der Waals surface area contributed by atoms with E-state index in [0.717, 1.165) is 5.69 Å². The number of benzene rings is 1. The summed E-state index contributed by atoms with van der Waals surface area (Å²) >= 11 is 0. The van der Waals surface area contributed by atoms with Crippen LogP contribution in [0.2, 0.25) is 0 Å². The van der Waals surface area contributed by atoms with Gasteiger partial charge in [-0.1, -0.05) is 18.2 Å². The van der Waals surface area contributed by atoms with Crippen LogP contribution >= 0.6 is 0 Å². The number of aliphatic hydroxyl groups is 1. The second kappa shape index (κ2) is 4.51. The topological polar surface area (TPSA) is 49.3 Å². The molecule has 0 aliphatic heterocycles. The van der Waals surface area contributed by atoms with Crippen molar-refractivity contribution < 1.29 is 9.90 Å². The van der Waals surface area contributed by atoms with Crippen molar-refractivity contribution in [3.8, 4) is 0 Å². The van der Waals surface area contributed by atoms with Crippen LogP contribution in [0.5, 0.6) is 0 Å². The Hall–Kier alpha value is -1.35. The van der Waals surface area contributed by atoms with Crippen molar-refractivity contribution in [2.45, 2.75) is 0 Å². The number of hydrogen-bond donors (Lipinski definition) is 2. The van der Waals surface area contributed by atoms with Crippen LogP contribution in [0.1, 0.15) is 0 Å². The number of carbonyl (C=O) groups excluding carboxylic acids is 1. The zero-order chi connectivity index (χ0) is 8.81. The monoisotopic (exact) mass is 165 g/mol. The molecule has 2 N–H and O–H groups in total. The van der Waals surface area contributed by atoms with Gasteiger partial charge in [0.1, 0.15) is 6.61 Å². The Labute approximate surface area is 71.0 Å². The minimum Gasteiger partial charge on any atom is -0.389 e. The third-order valence-electron chi connectivity index (χ3n) is 1.44. The number of para-hydroxylation sites is 1. The fraction of sp³-hybridized carbons (Fsp3) is 0.222. The molecule has 1 aromatic carbocycles. The summed E-state index contributed by atoms with van der Waals surface area (Å²) in [5.74, 6) is -0.209. The van der Waals surface area contributed by atoms with Crippen LogP contribution in [0, 0.1) is 0 Å². The van der Waals surface area contributed by atoms with Crippen molar-refractivity contribution in [3.63, 3.8) is 0 Å². The predicted molar refractivity (Wildman–Crippen MR) is 47.0 cm³/mol. The van der Waals surface area contributed by atoms with Crippen molar-refractivity contribution in [3.05, 3.63) is 30.3 Å². The number of ketones is 1. The second-order valence-corrected chi connectivity index (χ2v) is 2.42. The molecule has 0 atom stereocenters. The fourth-order valence-corrected chi connectivity index (χ4v) is 0.813. The lowest BCUT2D eigenvalue weighted by Gasteiger charge is -2.02. The van der Waals surface area contributed by atoms with Crippen molar-refractivity contribution in [2.75, 3.05) is 18.5 Å². The SMILES string of the molecule is O=C(CO)CNc1ccccc1. The average molecular weight is 165 g/mol. The van der Waals surface area contributed by atoms with Gasteiger partial charge in [0.05, 0.1) is 6.54 Å². The Morgan fingerprint density at radius 1 is 1.33 bits per heavy atom. The molecular weight excluding hydrogens is 154 g/mol. The van der Waals surface area contributed by atoms with Gasteiger partial charge in [0, 0.05) is 5.69 Å². The first-order chi connectivity index (χ1) is 5.83. The maximum Gasteiger partial charge on any atom is 0.177 e. The Kier molecular flexibility index (Phi) is 3.29. The first kappa shape index (κ1) is 8.74. The second-order valence-electron chi connectivity index (χ2n) is 2.42. The number of nitrogens with one attached hydrogen (secondary N) is 1. The third kappa shape index (κ3) is 2.72. The summed E-state index contributed by atoms with van der Waals surface area (Å²) in [6.45, 7) is -0.222. The average Bonchev–Trinajstić information content (AvgIpc) is 2.16. The highest BCUT2D eigenvalue weighted by Crippen LogP contribution is 2.03. The van der Waals surface area contributed by atoms with Crippen molar-refractivity contribution in [1.29, 1.82) is 0 Å². The predicted octanol–water partition coefficient (Wildman–Crippen LogP) is 0.660. The molecule has 0 fully saturated rings. The molecule has 0 amide bonds. The molecule has 64 valence electrons. The van der Waals surface area contributed by atoms with Gasteiger partial charge in [-0.2, -0.15) is 0 Å². The minimum absolute atomic E-state index is 0.181. The summed E-state index contributed by atoms with van der Waals surface area (Å²) in [6.07, 6.45) is 0. The number of carbonyl (C=O) groups is 1. The molecule has 12 heavy (non-hydrogen) atoms. The summed E-state index contributed by atoms with van der Waals surface area (Å²) in [6, 6.07) is 9.39. The quantitative estimate of drug-likeness (QED) is 0.689. The molecule has 0 saturated heterocycles. The van der Waals surface area contributed by atoms with Crippen LogP contribution in [0.3, 0.4) is 0 Å². The van der Waals surface area contributed by atoms with Crippen LogP contribution in [0.25, 0.3) is 0 Å². The van der Waals surface area contributed by atoms with Crippen molar-refractivity contribution >= 4 is 11.5 Å². The highest BCUT2D eigenvalue weighted by molar-refractivity contribution is 5.83. The summed E-state index contributed by atoms with van der Waals surface area (Å²) in [4.78, 5) is 10.7. The first-order valence-electron chi connectivity index (χ1n) is 3.74. The van der Waals surface area contributed by atoms with Crippen molar-refractivity contribution in [1.82, 2.24) is 0 Å². The molecule has 0 heterocycles.